The van der Waals surface area contributed by atoms with Crippen LogP contribution in [0.25, 0.3) is 5.69 Å². The first-order valence-electron chi connectivity index (χ1n) is 8.18. The van der Waals surface area contributed by atoms with Gasteiger partial charge >= 0.3 is 0 Å². The van der Waals surface area contributed by atoms with E-state index in [-0.39, 0.29) is 0 Å². The van der Waals surface area contributed by atoms with Crippen LogP contribution in [0.3, 0.4) is 0 Å². The zero-order valence-electron chi connectivity index (χ0n) is 14.9. The van der Waals surface area contributed by atoms with Gasteiger partial charge in [0.05, 0.1) is 17.6 Å². The van der Waals surface area contributed by atoms with Crippen molar-refractivity contribution in [3.05, 3.63) is 70.8 Å². The van der Waals surface area contributed by atoms with Crippen molar-refractivity contribution in [3.63, 3.8) is 0 Å². The van der Waals surface area contributed by atoms with E-state index in [9.17, 15) is 4.79 Å². The van der Waals surface area contributed by atoms with Crippen LogP contribution in [-0.2, 0) is 6.54 Å². The number of hydrogen-bond acceptors (Lipinski definition) is 4. The standard InChI is InChI=1S/C20H20ClN3O2/c1-14-19(11-23(2)3)22-13-24(14)17-6-8-18(9-7-17)26-20-10-16(21)5-4-15(20)12-25/h4-10,12-13H,11H2,1-3H3. The summed E-state index contributed by atoms with van der Waals surface area (Å²) in [6.45, 7) is 2.85. The van der Waals surface area contributed by atoms with E-state index in [4.69, 9.17) is 16.3 Å². The highest BCUT2D eigenvalue weighted by Crippen LogP contribution is 2.28. The Bertz CT molecular complexity index is 917. The Morgan fingerprint density at radius 3 is 2.58 bits per heavy atom. The lowest BCUT2D eigenvalue weighted by atomic mass is 10.2. The number of nitrogens with zero attached hydrogens (tertiary/aromatic N) is 3. The van der Waals surface area contributed by atoms with Crippen LogP contribution in [0.2, 0.25) is 5.02 Å². The molecule has 0 amide bonds. The zero-order chi connectivity index (χ0) is 18.7. The van der Waals surface area contributed by atoms with Gasteiger partial charge < -0.3 is 14.2 Å². The van der Waals surface area contributed by atoms with E-state index in [0.717, 1.165) is 29.9 Å². The van der Waals surface area contributed by atoms with Gasteiger partial charge in [0.25, 0.3) is 0 Å². The molecule has 134 valence electrons. The second-order valence-corrected chi connectivity index (χ2v) is 6.72. The average Bonchev–Trinajstić information content (AvgIpc) is 2.96. The fourth-order valence-corrected chi connectivity index (χ4v) is 2.82. The Hall–Kier alpha value is -2.63. The highest BCUT2D eigenvalue weighted by Gasteiger charge is 2.10. The van der Waals surface area contributed by atoms with Crippen LogP contribution in [-0.4, -0.2) is 34.8 Å². The van der Waals surface area contributed by atoms with Crippen LogP contribution in [0.15, 0.2) is 48.8 Å². The monoisotopic (exact) mass is 369 g/mol. The molecular weight excluding hydrogens is 350 g/mol. The molecule has 0 atom stereocenters. The van der Waals surface area contributed by atoms with Gasteiger partial charge in [-0.2, -0.15) is 0 Å². The summed E-state index contributed by atoms with van der Waals surface area (Å²) in [7, 11) is 4.04. The molecule has 0 fully saturated rings. The fraction of sp³-hybridized carbons (Fsp3) is 0.200. The molecule has 0 aliphatic carbocycles. The minimum atomic E-state index is 0.437. The van der Waals surface area contributed by atoms with Gasteiger partial charge in [-0.05, 0) is 57.4 Å². The van der Waals surface area contributed by atoms with E-state index in [0.29, 0.717) is 22.1 Å². The Kier molecular flexibility index (Phi) is 5.40. The van der Waals surface area contributed by atoms with Gasteiger partial charge in [0.15, 0.2) is 6.29 Å². The van der Waals surface area contributed by atoms with Gasteiger partial charge in [0.1, 0.15) is 11.5 Å². The molecule has 0 unspecified atom stereocenters. The topological polar surface area (TPSA) is 47.4 Å². The number of halogens is 1. The summed E-state index contributed by atoms with van der Waals surface area (Å²) in [5.41, 5.74) is 3.60. The predicted octanol–water partition coefficient (Wildman–Crippen LogP) is 4.50. The number of imidazole rings is 1. The molecule has 0 radical (unpaired) electrons. The SMILES string of the molecule is Cc1c(CN(C)C)ncn1-c1ccc(Oc2cc(Cl)ccc2C=O)cc1. The maximum atomic E-state index is 11.1. The smallest absolute Gasteiger partial charge is 0.153 e. The third-order valence-electron chi connectivity index (χ3n) is 4.02. The molecular formula is C20H20ClN3O2. The third-order valence-corrected chi connectivity index (χ3v) is 4.25. The maximum Gasteiger partial charge on any atom is 0.153 e. The van der Waals surface area contributed by atoms with Crippen molar-refractivity contribution in [2.75, 3.05) is 14.1 Å². The number of hydrogen-bond donors (Lipinski definition) is 0. The number of aromatic nitrogens is 2. The third kappa shape index (κ3) is 3.95. The van der Waals surface area contributed by atoms with Gasteiger partial charge in [0.2, 0.25) is 0 Å². The minimum Gasteiger partial charge on any atom is -0.457 e. The summed E-state index contributed by atoms with van der Waals surface area (Å²) >= 11 is 5.99. The minimum absolute atomic E-state index is 0.437. The molecule has 0 spiro atoms. The lowest BCUT2D eigenvalue weighted by Crippen LogP contribution is -2.12. The maximum absolute atomic E-state index is 11.1. The van der Waals surface area contributed by atoms with Gasteiger partial charge in [-0.15, -0.1) is 0 Å². The van der Waals surface area contributed by atoms with Crippen molar-refractivity contribution in [1.29, 1.82) is 0 Å². The molecule has 0 bridgehead atoms. The quantitative estimate of drug-likeness (QED) is 0.600. The Morgan fingerprint density at radius 2 is 1.92 bits per heavy atom. The number of benzene rings is 2. The van der Waals surface area contributed by atoms with E-state index < -0.39 is 0 Å². The van der Waals surface area contributed by atoms with Crippen molar-refractivity contribution in [1.82, 2.24) is 14.5 Å². The highest BCUT2D eigenvalue weighted by atomic mass is 35.5. The summed E-state index contributed by atoms with van der Waals surface area (Å²) in [6, 6.07) is 12.6. The summed E-state index contributed by atoms with van der Waals surface area (Å²) in [5, 5.41) is 0.518. The molecule has 0 saturated carbocycles. The van der Waals surface area contributed by atoms with Crippen LogP contribution < -0.4 is 4.74 Å². The fourth-order valence-electron chi connectivity index (χ4n) is 2.66. The van der Waals surface area contributed by atoms with Gasteiger partial charge in [-0.1, -0.05) is 11.6 Å². The van der Waals surface area contributed by atoms with Crippen LogP contribution in [0.4, 0.5) is 0 Å². The van der Waals surface area contributed by atoms with Crippen molar-refractivity contribution < 1.29 is 9.53 Å². The number of ether oxygens (including phenoxy) is 1. The van der Waals surface area contributed by atoms with E-state index >= 15 is 0 Å². The molecule has 3 rings (SSSR count). The summed E-state index contributed by atoms with van der Waals surface area (Å²) in [5.74, 6) is 1.07. The summed E-state index contributed by atoms with van der Waals surface area (Å²) in [4.78, 5) is 17.7. The molecule has 0 N–H and O–H groups in total. The molecule has 6 heteroatoms. The van der Waals surface area contributed by atoms with Gasteiger partial charge in [0, 0.05) is 29.0 Å². The lowest BCUT2D eigenvalue weighted by Gasteiger charge is -2.11. The van der Waals surface area contributed by atoms with Crippen molar-refractivity contribution in [2.45, 2.75) is 13.5 Å². The number of carbonyl (C=O) groups excluding carboxylic acids is 1. The van der Waals surface area contributed by atoms with Crippen molar-refractivity contribution in [2.24, 2.45) is 0 Å². The second-order valence-electron chi connectivity index (χ2n) is 6.28. The van der Waals surface area contributed by atoms with E-state index in [1.54, 1.807) is 18.2 Å². The summed E-state index contributed by atoms with van der Waals surface area (Å²) in [6.07, 6.45) is 2.58. The number of aldehydes is 1. The van der Waals surface area contributed by atoms with Crippen molar-refractivity contribution >= 4 is 17.9 Å². The molecule has 0 saturated heterocycles. The first-order chi connectivity index (χ1) is 12.5. The molecule has 1 aromatic heterocycles. The highest BCUT2D eigenvalue weighted by molar-refractivity contribution is 6.30. The zero-order valence-corrected chi connectivity index (χ0v) is 15.7. The molecule has 3 aromatic rings. The van der Waals surface area contributed by atoms with E-state index in [1.165, 1.54) is 0 Å². The van der Waals surface area contributed by atoms with E-state index in [2.05, 4.69) is 16.8 Å². The first kappa shape index (κ1) is 18.2. The molecule has 26 heavy (non-hydrogen) atoms. The van der Waals surface area contributed by atoms with Crippen LogP contribution >= 0.6 is 11.6 Å². The molecule has 0 aliphatic heterocycles. The van der Waals surface area contributed by atoms with Crippen LogP contribution in [0.5, 0.6) is 11.5 Å². The summed E-state index contributed by atoms with van der Waals surface area (Å²) < 4.78 is 7.85. The average molecular weight is 370 g/mol. The Morgan fingerprint density at radius 1 is 1.19 bits per heavy atom. The number of rotatable bonds is 6. The number of carbonyl (C=O) groups is 1. The molecule has 0 aliphatic rings. The first-order valence-corrected chi connectivity index (χ1v) is 8.56. The van der Waals surface area contributed by atoms with Crippen LogP contribution in [0.1, 0.15) is 21.7 Å². The molecule has 2 aromatic carbocycles. The van der Waals surface area contributed by atoms with Gasteiger partial charge in [-0.3, -0.25) is 4.79 Å². The van der Waals surface area contributed by atoms with Crippen molar-refractivity contribution in [3.8, 4) is 17.2 Å². The second kappa shape index (κ2) is 7.72. The van der Waals surface area contributed by atoms with Crippen LogP contribution in [0, 0.1) is 6.92 Å². The largest absolute Gasteiger partial charge is 0.457 e. The van der Waals surface area contributed by atoms with Gasteiger partial charge in [-0.25, -0.2) is 4.98 Å². The molecule has 5 nitrogen and oxygen atoms in total. The Balaban J connectivity index is 1.82. The Labute approximate surface area is 157 Å². The predicted molar refractivity (Wildman–Crippen MR) is 103 cm³/mol. The normalized spacial score (nSPS) is 11.0. The molecule has 1 heterocycles. The lowest BCUT2D eigenvalue weighted by molar-refractivity contribution is 0.112. The van der Waals surface area contributed by atoms with E-state index in [1.807, 2.05) is 49.3 Å².